The molecule has 0 aromatic heterocycles. The maximum Gasteiger partial charge on any atom is 0.1000 e. The molecule has 1 unspecified atom stereocenters. The second-order valence-corrected chi connectivity index (χ2v) is 4.45. The van der Waals surface area contributed by atoms with Gasteiger partial charge in [-0.05, 0) is 38.5 Å². The van der Waals surface area contributed by atoms with Crippen molar-refractivity contribution < 1.29 is 9.13 Å². The Hall–Kier alpha value is -0.110. The summed E-state index contributed by atoms with van der Waals surface area (Å²) in [6.45, 7) is 9.09. The van der Waals surface area contributed by atoms with Crippen LogP contribution in [0.1, 0.15) is 53.4 Å². The number of hydrogen-bond acceptors (Lipinski definition) is 1. The van der Waals surface area contributed by atoms with Gasteiger partial charge in [-0.3, -0.25) is 0 Å². The summed E-state index contributed by atoms with van der Waals surface area (Å²) in [4.78, 5) is 0. The quantitative estimate of drug-likeness (QED) is 0.581. The number of alkyl halides is 1. The predicted molar refractivity (Wildman–Crippen MR) is 59.3 cm³/mol. The third-order valence-electron chi connectivity index (χ3n) is 2.43. The van der Waals surface area contributed by atoms with E-state index in [1.165, 1.54) is 0 Å². The first-order valence-corrected chi connectivity index (χ1v) is 5.81. The van der Waals surface area contributed by atoms with Gasteiger partial charge >= 0.3 is 0 Å². The normalized spacial score (nSPS) is 15.9. The van der Waals surface area contributed by atoms with E-state index in [0.717, 1.165) is 19.4 Å². The molecule has 0 bridgehead atoms. The van der Waals surface area contributed by atoms with Crippen molar-refractivity contribution >= 4 is 0 Å². The van der Waals surface area contributed by atoms with Crippen molar-refractivity contribution in [3.8, 4) is 0 Å². The van der Waals surface area contributed by atoms with E-state index in [-0.39, 0.29) is 6.10 Å². The summed E-state index contributed by atoms with van der Waals surface area (Å²) < 4.78 is 18.5. The Bertz CT molecular complexity index is 125. The smallest absolute Gasteiger partial charge is 0.1000 e. The zero-order valence-corrected chi connectivity index (χ0v) is 10.1. The maximum absolute atomic E-state index is 12.9. The fraction of sp³-hybridized carbons (Fsp3) is 1.00. The molecule has 0 spiro atoms. The van der Waals surface area contributed by atoms with Gasteiger partial charge in [0.05, 0.1) is 12.3 Å². The molecule has 14 heavy (non-hydrogen) atoms. The fourth-order valence-corrected chi connectivity index (χ4v) is 1.21. The molecule has 0 aromatic rings. The van der Waals surface area contributed by atoms with Gasteiger partial charge in [0.2, 0.25) is 0 Å². The third-order valence-corrected chi connectivity index (χ3v) is 2.43. The molecule has 0 rings (SSSR count). The van der Waals surface area contributed by atoms with Crippen LogP contribution in [-0.2, 0) is 4.74 Å². The molecule has 0 aliphatic rings. The molecule has 0 radical (unpaired) electrons. The zero-order valence-electron chi connectivity index (χ0n) is 10.1. The Morgan fingerprint density at radius 1 is 1.07 bits per heavy atom. The molecule has 0 aliphatic heterocycles. The van der Waals surface area contributed by atoms with Crippen LogP contribution in [0.15, 0.2) is 0 Å². The molecule has 2 atom stereocenters. The van der Waals surface area contributed by atoms with Gasteiger partial charge in [-0.15, -0.1) is 0 Å². The minimum Gasteiger partial charge on any atom is -0.378 e. The highest BCUT2D eigenvalue weighted by Crippen LogP contribution is 2.11. The predicted octanol–water partition coefficient (Wildman–Crippen LogP) is 3.97. The van der Waals surface area contributed by atoms with Crippen molar-refractivity contribution in [2.45, 2.75) is 65.7 Å². The number of ether oxygens (including phenoxy) is 1. The lowest BCUT2D eigenvalue weighted by Gasteiger charge is -2.14. The van der Waals surface area contributed by atoms with Crippen LogP contribution in [0, 0.1) is 5.92 Å². The van der Waals surface area contributed by atoms with Crippen LogP contribution < -0.4 is 0 Å². The van der Waals surface area contributed by atoms with Crippen molar-refractivity contribution in [2.75, 3.05) is 6.61 Å². The second kappa shape index (κ2) is 8.22. The molecule has 0 saturated heterocycles. The van der Waals surface area contributed by atoms with Crippen LogP contribution in [0.5, 0.6) is 0 Å². The number of rotatable bonds is 8. The largest absolute Gasteiger partial charge is 0.378 e. The zero-order chi connectivity index (χ0) is 11.0. The van der Waals surface area contributed by atoms with Gasteiger partial charge in [-0.2, -0.15) is 0 Å². The summed E-state index contributed by atoms with van der Waals surface area (Å²) >= 11 is 0. The molecule has 0 saturated carbocycles. The summed E-state index contributed by atoms with van der Waals surface area (Å²) in [5, 5.41) is 0. The maximum atomic E-state index is 12.9. The second-order valence-electron chi connectivity index (χ2n) is 4.45. The highest BCUT2D eigenvalue weighted by molar-refractivity contribution is 4.58. The summed E-state index contributed by atoms with van der Waals surface area (Å²) in [6.07, 6.45) is 2.76. The van der Waals surface area contributed by atoms with E-state index >= 15 is 0 Å². The van der Waals surface area contributed by atoms with Crippen molar-refractivity contribution in [3.05, 3.63) is 0 Å². The van der Waals surface area contributed by atoms with Gasteiger partial charge in [0.25, 0.3) is 0 Å². The molecule has 0 heterocycles. The lowest BCUT2D eigenvalue weighted by atomic mass is 10.1. The van der Waals surface area contributed by atoms with E-state index in [2.05, 4.69) is 13.8 Å². The monoisotopic (exact) mass is 204 g/mol. The van der Waals surface area contributed by atoms with E-state index in [1.54, 1.807) is 0 Å². The van der Waals surface area contributed by atoms with E-state index in [9.17, 15) is 4.39 Å². The molecule has 1 nitrogen and oxygen atoms in total. The first-order valence-electron chi connectivity index (χ1n) is 5.81. The van der Waals surface area contributed by atoms with Crippen LogP contribution in [0.4, 0.5) is 4.39 Å². The van der Waals surface area contributed by atoms with Crippen LogP contribution in [0.3, 0.4) is 0 Å². The summed E-state index contributed by atoms with van der Waals surface area (Å²) in [5.41, 5.74) is 0. The molecule has 2 heteroatoms. The average Bonchev–Trinajstić information content (AvgIpc) is 2.13. The molecule has 0 amide bonds. The highest BCUT2D eigenvalue weighted by atomic mass is 19.1. The summed E-state index contributed by atoms with van der Waals surface area (Å²) in [7, 11) is 0. The molecule has 86 valence electrons. The Morgan fingerprint density at radius 2 is 1.71 bits per heavy atom. The topological polar surface area (TPSA) is 9.23 Å². The van der Waals surface area contributed by atoms with Gasteiger partial charge in [0, 0.05) is 6.61 Å². The average molecular weight is 204 g/mol. The molecular formula is C12H25FO. The molecule has 0 aliphatic carbocycles. The fourth-order valence-electron chi connectivity index (χ4n) is 1.21. The SMILES string of the molecule is CC[C@@H](F)CCC(C)OCCC(C)C. The molecule has 0 N–H and O–H groups in total. The summed E-state index contributed by atoms with van der Waals surface area (Å²) in [6, 6.07) is 0. The third kappa shape index (κ3) is 8.49. The van der Waals surface area contributed by atoms with Crippen molar-refractivity contribution in [3.63, 3.8) is 0 Å². The van der Waals surface area contributed by atoms with Crippen LogP contribution >= 0.6 is 0 Å². The van der Waals surface area contributed by atoms with Gasteiger partial charge in [-0.1, -0.05) is 20.8 Å². The van der Waals surface area contributed by atoms with Crippen molar-refractivity contribution in [2.24, 2.45) is 5.92 Å². The Labute approximate surface area is 88.0 Å². The van der Waals surface area contributed by atoms with E-state index < -0.39 is 6.17 Å². The molecular weight excluding hydrogens is 179 g/mol. The van der Waals surface area contributed by atoms with Gasteiger partial charge in [0.1, 0.15) is 0 Å². The Kier molecular flexibility index (Phi) is 8.15. The Morgan fingerprint density at radius 3 is 2.21 bits per heavy atom. The molecule has 0 fully saturated rings. The van der Waals surface area contributed by atoms with Crippen molar-refractivity contribution in [1.82, 2.24) is 0 Å². The number of halogens is 1. The standard InChI is InChI=1S/C12H25FO/c1-5-12(13)7-6-11(4)14-9-8-10(2)3/h10-12H,5-9H2,1-4H3/t11?,12-/m1/s1. The molecule has 0 aromatic carbocycles. The Balaban J connectivity index is 3.32. The first-order chi connectivity index (χ1) is 6.56. The first kappa shape index (κ1) is 13.9. The highest BCUT2D eigenvalue weighted by Gasteiger charge is 2.07. The van der Waals surface area contributed by atoms with Crippen LogP contribution in [-0.4, -0.2) is 18.9 Å². The van der Waals surface area contributed by atoms with E-state index in [4.69, 9.17) is 4.74 Å². The lowest BCUT2D eigenvalue weighted by molar-refractivity contribution is 0.0472. The van der Waals surface area contributed by atoms with Gasteiger partial charge in [0.15, 0.2) is 0 Å². The van der Waals surface area contributed by atoms with Crippen LogP contribution in [0.25, 0.3) is 0 Å². The van der Waals surface area contributed by atoms with E-state index in [1.807, 2.05) is 13.8 Å². The van der Waals surface area contributed by atoms with E-state index in [0.29, 0.717) is 18.8 Å². The number of hydrogen-bond donors (Lipinski definition) is 0. The van der Waals surface area contributed by atoms with Crippen molar-refractivity contribution in [1.29, 1.82) is 0 Å². The van der Waals surface area contributed by atoms with Gasteiger partial charge < -0.3 is 4.74 Å². The van der Waals surface area contributed by atoms with Gasteiger partial charge in [-0.25, -0.2) is 4.39 Å². The lowest BCUT2D eigenvalue weighted by Crippen LogP contribution is -2.12. The van der Waals surface area contributed by atoms with Crippen LogP contribution in [0.2, 0.25) is 0 Å². The summed E-state index contributed by atoms with van der Waals surface area (Å²) in [5.74, 6) is 0.687. The minimum atomic E-state index is -0.647. The minimum absolute atomic E-state index is 0.207.